The van der Waals surface area contributed by atoms with Gasteiger partial charge in [0.15, 0.2) is 0 Å². The Labute approximate surface area is 145 Å². The van der Waals surface area contributed by atoms with Gasteiger partial charge in [0.25, 0.3) is 0 Å². The number of allylic oxidation sites excluding steroid dienone is 1. The lowest BCUT2D eigenvalue weighted by molar-refractivity contribution is 0.497. The van der Waals surface area contributed by atoms with Crippen LogP contribution in [0.2, 0.25) is 0 Å². The van der Waals surface area contributed by atoms with Crippen LogP contribution in [0, 0.1) is 12.3 Å². The molecule has 2 N–H and O–H groups in total. The van der Waals surface area contributed by atoms with E-state index in [-0.39, 0.29) is 6.67 Å². The quantitative estimate of drug-likeness (QED) is 0.810. The minimum absolute atomic E-state index is 0.329. The Morgan fingerprint density at radius 3 is 2.54 bits per heavy atom. The SMILES string of the molecule is C#Cc1ccc(N(C)CCF)cc1.CC/C=C1/C(C)=CNC1NC. The molecule has 2 rings (SSSR count). The second-order valence-electron chi connectivity index (χ2n) is 5.59. The Bertz CT molecular complexity index is 596. The van der Waals surface area contributed by atoms with Gasteiger partial charge >= 0.3 is 0 Å². The van der Waals surface area contributed by atoms with Crippen LogP contribution in [0.5, 0.6) is 0 Å². The molecule has 0 bridgehead atoms. The lowest BCUT2D eigenvalue weighted by Gasteiger charge is -2.16. The molecule has 0 radical (unpaired) electrons. The van der Waals surface area contributed by atoms with Gasteiger partial charge in [0.05, 0.1) is 0 Å². The van der Waals surface area contributed by atoms with Crippen molar-refractivity contribution in [1.29, 1.82) is 0 Å². The summed E-state index contributed by atoms with van der Waals surface area (Å²) in [6.45, 7) is 4.36. The van der Waals surface area contributed by atoms with Gasteiger partial charge in [0.2, 0.25) is 0 Å². The van der Waals surface area contributed by atoms with E-state index in [0.29, 0.717) is 12.7 Å². The summed E-state index contributed by atoms with van der Waals surface area (Å²) in [5.74, 6) is 2.53. The maximum Gasteiger partial charge on any atom is 0.107 e. The first-order valence-electron chi connectivity index (χ1n) is 8.21. The van der Waals surface area contributed by atoms with Crippen molar-refractivity contribution in [3.05, 3.63) is 53.3 Å². The Morgan fingerprint density at radius 1 is 1.38 bits per heavy atom. The van der Waals surface area contributed by atoms with E-state index in [1.54, 1.807) is 0 Å². The molecular weight excluding hydrogens is 301 g/mol. The summed E-state index contributed by atoms with van der Waals surface area (Å²) in [4.78, 5) is 1.85. The summed E-state index contributed by atoms with van der Waals surface area (Å²) < 4.78 is 12.0. The molecule has 1 aromatic carbocycles. The monoisotopic (exact) mass is 329 g/mol. The summed E-state index contributed by atoms with van der Waals surface area (Å²) in [5, 5.41) is 6.45. The van der Waals surface area contributed by atoms with Crippen LogP contribution < -0.4 is 15.5 Å². The summed E-state index contributed by atoms with van der Waals surface area (Å²) in [6, 6.07) is 7.49. The molecule has 1 aliphatic rings. The van der Waals surface area contributed by atoms with Gasteiger partial charge in [-0.15, -0.1) is 6.42 Å². The third kappa shape index (κ3) is 5.75. The van der Waals surface area contributed by atoms with Crippen molar-refractivity contribution in [3.63, 3.8) is 0 Å². The Balaban J connectivity index is 0.000000243. The van der Waals surface area contributed by atoms with Crippen molar-refractivity contribution >= 4 is 5.69 Å². The van der Waals surface area contributed by atoms with Crippen LogP contribution in [-0.4, -0.2) is 33.5 Å². The third-order valence-electron chi connectivity index (χ3n) is 3.84. The Hall–Kier alpha value is -2.25. The van der Waals surface area contributed by atoms with E-state index in [1.165, 1.54) is 11.1 Å². The predicted molar refractivity (Wildman–Crippen MR) is 102 cm³/mol. The number of alkyl halides is 1. The Kier molecular flexibility index (Phi) is 8.67. The van der Waals surface area contributed by atoms with Crippen LogP contribution >= 0.6 is 0 Å². The smallest absolute Gasteiger partial charge is 0.107 e. The summed E-state index contributed by atoms with van der Waals surface area (Å²) in [6.07, 6.45) is 11.0. The van der Waals surface area contributed by atoms with Crippen molar-refractivity contribution in [2.45, 2.75) is 26.4 Å². The molecule has 3 nitrogen and oxygen atoms in total. The fourth-order valence-corrected chi connectivity index (χ4v) is 2.41. The summed E-state index contributed by atoms with van der Waals surface area (Å²) in [7, 11) is 3.82. The molecule has 1 heterocycles. The van der Waals surface area contributed by atoms with E-state index in [4.69, 9.17) is 6.42 Å². The van der Waals surface area contributed by atoms with Crippen LogP contribution in [0.3, 0.4) is 0 Å². The molecule has 0 saturated carbocycles. The lowest BCUT2D eigenvalue weighted by atomic mass is 10.1. The summed E-state index contributed by atoms with van der Waals surface area (Å²) in [5.41, 5.74) is 4.55. The number of rotatable bonds is 5. The normalized spacial score (nSPS) is 17.4. The number of nitrogens with zero attached hydrogens (tertiary/aromatic N) is 1. The fraction of sp³-hybridized carbons (Fsp3) is 0.400. The van der Waals surface area contributed by atoms with Gasteiger partial charge in [-0.25, -0.2) is 4.39 Å². The van der Waals surface area contributed by atoms with E-state index in [2.05, 4.69) is 42.7 Å². The molecule has 24 heavy (non-hydrogen) atoms. The van der Waals surface area contributed by atoms with Crippen LogP contribution in [0.25, 0.3) is 0 Å². The molecule has 0 aliphatic carbocycles. The second-order valence-corrected chi connectivity index (χ2v) is 5.59. The molecular formula is C20H28FN3. The van der Waals surface area contributed by atoms with Gasteiger partial charge in [-0.2, -0.15) is 0 Å². The molecule has 1 atom stereocenters. The van der Waals surface area contributed by atoms with E-state index in [9.17, 15) is 4.39 Å². The first-order chi connectivity index (χ1) is 11.6. The molecule has 130 valence electrons. The second kappa shape index (κ2) is 10.5. The highest BCUT2D eigenvalue weighted by Gasteiger charge is 2.16. The maximum absolute atomic E-state index is 12.0. The zero-order chi connectivity index (χ0) is 17.9. The van der Waals surface area contributed by atoms with Crippen molar-refractivity contribution in [1.82, 2.24) is 10.6 Å². The van der Waals surface area contributed by atoms with E-state index < -0.39 is 0 Å². The molecule has 4 heteroatoms. The molecule has 0 saturated heterocycles. The predicted octanol–water partition coefficient (Wildman–Crippen LogP) is 3.45. The van der Waals surface area contributed by atoms with Crippen molar-refractivity contribution in [3.8, 4) is 12.3 Å². The average Bonchev–Trinajstić information content (AvgIpc) is 2.96. The highest BCUT2D eigenvalue weighted by Crippen LogP contribution is 2.17. The molecule has 0 fully saturated rings. The zero-order valence-corrected chi connectivity index (χ0v) is 15.1. The lowest BCUT2D eigenvalue weighted by Crippen LogP contribution is -2.34. The van der Waals surface area contributed by atoms with Gasteiger partial charge in [-0.05, 0) is 55.8 Å². The van der Waals surface area contributed by atoms with Crippen LogP contribution in [-0.2, 0) is 0 Å². The van der Waals surface area contributed by atoms with E-state index >= 15 is 0 Å². The maximum atomic E-state index is 12.0. The minimum atomic E-state index is -0.340. The van der Waals surface area contributed by atoms with Crippen molar-refractivity contribution < 1.29 is 4.39 Å². The minimum Gasteiger partial charge on any atom is -0.372 e. The molecule has 0 aromatic heterocycles. The van der Waals surface area contributed by atoms with Crippen LogP contribution in [0.4, 0.5) is 10.1 Å². The highest BCUT2D eigenvalue weighted by atomic mass is 19.1. The largest absolute Gasteiger partial charge is 0.372 e. The zero-order valence-electron chi connectivity index (χ0n) is 15.1. The standard InChI is InChI=1S/C11H12FN.C9H16N2/c1-3-10-4-6-11(7-5-10)13(2)9-8-12;1-4-5-8-7(2)6-11-9(8)10-3/h1,4-7H,8-9H2,2H3;5-6,9-11H,4H2,1-3H3/b;8-5-. The molecule has 1 unspecified atom stereocenters. The first-order valence-corrected chi connectivity index (χ1v) is 8.21. The number of benzene rings is 1. The van der Waals surface area contributed by atoms with Crippen molar-refractivity contribution in [2.24, 2.45) is 0 Å². The number of likely N-dealkylation sites (N-methyl/N-ethyl adjacent to an activating group) is 1. The van der Waals surface area contributed by atoms with Gasteiger partial charge in [-0.3, -0.25) is 5.32 Å². The van der Waals surface area contributed by atoms with Gasteiger partial charge < -0.3 is 10.2 Å². The number of terminal acetylenes is 1. The molecule has 1 aromatic rings. The highest BCUT2D eigenvalue weighted by molar-refractivity contribution is 5.49. The third-order valence-corrected chi connectivity index (χ3v) is 3.84. The van der Waals surface area contributed by atoms with Gasteiger partial charge in [0.1, 0.15) is 12.8 Å². The Morgan fingerprint density at radius 2 is 2.04 bits per heavy atom. The summed E-state index contributed by atoms with van der Waals surface area (Å²) >= 11 is 0. The van der Waals surface area contributed by atoms with Crippen molar-refractivity contribution in [2.75, 3.05) is 32.2 Å². The number of nitrogens with one attached hydrogen (secondary N) is 2. The average molecular weight is 329 g/mol. The van der Waals surface area contributed by atoms with Crippen LogP contribution in [0.15, 0.2) is 47.7 Å². The van der Waals surface area contributed by atoms with E-state index in [1.807, 2.05) is 43.3 Å². The van der Waals surface area contributed by atoms with Crippen LogP contribution in [0.1, 0.15) is 25.8 Å². The first kappa shape index (κ1) is 19.8. The molecule has 0 amide bonds. The topological polar surface area (TPSA) is 27.3 Å². The number of hydrogen-bond donors (Lipinski definition) is 2. The number of hydrogen-bond acceptors (Lipinski definition) is 3. The fourth-order valence-electron chi connectivity index (χ4n) is 2.41. The van der Waals surface area contributed by atoms with Gasteiger partial charge in [0, 0.05) is 31.0 Å². The molecule has 0 spiro atoms. The number of halogens is 1. The molecule has 1 aliphatic heterocycles. The number of anilines is 1. The van der Waals surface area contributed by atoms with E-state index in [0.717, 1.165) is 17.7 Å². The van der Waals surface area contributed by atoms with Gasteiger partial charge in [-0.1, -0.05) is 18.9 Å².